The van der Waals surface area contributed by atoms with Gasteiger partial charge in [0, 0.05) is 6.04 Å². The number of rotatable bonds is 5. The lowest BCUT2D eigenvalue weighted by Crippen LogP contribution is -2.27. The second-order valence-electron chi connectivity index (χ2n) is 5.03. The molecule has 24 heavy (non-hydrogen) atoms. The second-order valence-corrected chi connectivity index (χ2v) is 7.12. The predicted molar refractivity (Wildman–Crippen MR) is 87.9 cm³/mol. The zero-order chi connectivity index (χ0) is 17.9. The van der Waals surface area contributed by atoms with Gasteiger partial charge in [-0.25, -0.2) is 22.3 Å². The molecule has 1 N–H and O–H groups in total. The lowest BCUT2D eigenvalue weighted by molar-refractivity contribution is 0.0600. The van der Waals surface area contributed by atoms with Gasteiger partial charge in [0.05, 0.1) is 17.7 Å². The van der Waals surface area contributed by atoms with Crippen LogP contribution in [0.3, 0.4) is 0 Å². The minimum Gasteiger partial charge on any atom is -0.465 e. The van der Waals surface area contributed by atoms with Crippen LogP contribution in [0.2, 0.25) is 5.02 Å². The Morgan fingerprint density at radius 2 is 1.83 bits per heavy atom. The van der Waals surface area contributed by atoms with Crippen LogP contribution in [0.25, 0.3) is 0 Å². The van der Waals surface area contributed by atoms with Gasteiger partial charge in [0.25, 0.3) is 0 Å². The Morgan fingerprint density at radius 1 is 1.21 bits per heavy atom. The third kappa shape index (κ3) is 4.11. The van der Waals surface area contributed by atoms with Crippen LogP contribution in [0.15, 0.2) is 47.4 Å². The molecule has 0 radical (unpaired) electrons. The van der Waals surface area contributed by atoms with Crippen LogP contribution in [-0.2, 0) is 14.8 Å². The quantitative estimate of drug-likeness (QED) is 0.818. The van der Waals surface area contributed by atoms with Crippen LogP contribution in [0.4, 0.5) is 4.39 Å². The van der Waals surface area contributed by atoms with Gasteiger partial charge in [-0.15, -0.1) is 0 Å². The molecule has 0 aromatic heterocycles. The molecule has 0 aliphatic carbocycles. The van der Waals surface area contributed by atoms with Crippen molar-refractivity contribution in [2.24, 2.45) is 0 Å². The highest BCUT2D eigenvalue weighted by Gasteiger charge is 2.23. The summed E-state index contributed by atoms with van der Waals surface area (Å²) in [6.07, 6.45) is 0. The first-order valence-corrected chi connectivity index (χ1v) is 8.76. The predicted octanol–water partition coefficient (Wildman–Crippen LogP) is 3.31. The Hall–Kier alpha value is -1.96. The lowest BCUT2D eigenvalue weighted by atomic mass is 10.1. The average Bonchev–Trinajstić information content (AvgIpc) is 2.54. The van der Waals surface area contributed by atoms with E-state index in [2.05, 4.69) is 9.46 Å². The molecular weight excluding hydrogens is 357 g/mol. The molecule has 0 saturated heterocycles. The minimum absolute atomic E-state index is 0.0264. The average molecular weight is 372 g/mol. The van der Waals surface area contributed by atoms with Crippen molar-refractivity contribution in [3.63, 3.8) is 0 Å². The maximum absolute atomic E-state index is 13.0. The van der Waals surface area contributed by atoms with E-state index in [1.165, 1.54) is 43.5 Å². The summed E-state index contributed by atoms with van der Waals surface area (Å²) in [5, 5.41) is -0.0264. The first-order valence-electron chi connectivity index (χ1n) is 6.90. The standard InChI is InChI=1S/C16H15ClFNO4S/c1-10(11-3-6-13(18)7-4-11)19-24(21,22)15-9-12(16(20)23-2)5-8-14(15)17/h3-10,19H,1-2H3/t10-/m1/s1. The molecule has 0 unspecified atom stereocenters. The highest BCUT2D eigenvalue weighted by Crippen LogP contribution is 2.25. The molecule has 128 valence electrons. The molecule has 1 atom stereocenters. The molecule has 0 amide bonds. The van der Waals surface area contributed by atoms with Crippen LogP contribution in [-0.4, -0.2) is 21.5 Å². The molecule has 2 rings (SSSR count). The second kappa shape index (κ2) is 7.29. The summed E-state index contributed by atoms with van der Waals surface area (Å²) in [4.78, 5) is 11.3. The molecule has 0 heterocycles. The summed E-state index contributed by atoms with van der Waals surface area (Å²) in [5.74, 6) is -1.09. The summed E-state index contributed by atoms with van der Waals surface area (Å²) in [5.41, 5.74) is 0.650. The largest absolute Gasteiger partial charge is 0.465 e. The number of halogens is 2. The molecule has 8 heteroatoms. The minimum atomic E-state index is -4.00. The molecule has 0 aliphatic heterocycles. The van der Waals surface area contributed by atoms with Gasteiger partial charge in [-0.05, 0) is 42.8 Å². The van der Waals surface area contributed by atoms with Gasteiger partial charge in [0.15, 0.2) is 0 Å². The smallest absolute Gasteiger partial charge is 0.337 e. The molecule has 2 aromatic rings. The molecule has 5 nitrogen and oxygen atoms in total. The number of ether oxygens (including phenoxy) is 1. The zero-order valence-corrected chi connectivity index (χ0v) is 14.5. The number of hydrogen-bond donors (Lipinski definition) is 1. The number of methoxy groups -OCH3 is 1. The Bertz CT molecular complexity index is 853. The van der Waals surface area contributed by atoms with Crippen LogP contribution in [0, 0.1) is 5.82 Å². The van der Waals surface area contributed by atoms with E-state index < -0.39 is 27.9 Å². The Balaban J connectivity index is 2.33. The van der Waals surface area contributed by atoms with E-state index in [1.54, 1.807) is 6.92 Å². The van der Waals surface area contributed by atoms with E-state index in [0.29, 0.717) is 5.56 Å². The van der Waals surface area contributed by atoms with Gasteiger partial charge in [0.1, 0.15) is 10.7 Å². The van der Waals surface area contributed by atoms with Crippen LogP contribution < -0.4 is 4.72 Å². The van der Waals surface area contributed by atoms with E-state index in [9.17, 15) is 17.6 Å². The van der Waals surface area contributed by atoms with E-state index in [-0.39, 0.29) is 15.5 Å². The normalized spacial score (nSPS) is 12.7. The molecule has 0 fully saturated rings. The van der Waals surface area contributed by atoms with Crippen molar-refractivity contribution in [1.29, 1.82) is 0 Å². The number of carbonyl (C=O) groups is 1. The Labute approximate surface area is 144 Å². The van der Waals surface area contributed by atoms with Crippen molar-refractivity contribution in [2.75, 3.05) is 7.11 Å². The molecule has 2 aromatic carbocycles. The molecule has 0 bridgehead atoms. The van der Waals surface area contributed by atoms with Gasteiger partial charge in [-0.2, -0.15) is 0 Å². The monoisotopic (exact) mass is 371 g/mol. The SMILES string of the molecule is COC(=O)c1ccc(Cl)c(S(=O)(=O)N[C@H](C)c2ccc(F)cc2)c1. The number of benzene rings is 2. The van der Waals surface area contributed by atoms with Crippen LogP contribution in [0.1, 0.15) is 28.9 Å². The van der Waals surface area contributed by atoms with Crippen LogP contribution in [0.5, 0.6) is 0 Å². The lowest BCUT2D eigenvalue weighted by Gasteiger charge is -2.16. The Morgan fingerprint density at radius 3 is 2.42 bits per heavy atom. The zero-order valence-electron chi connectivity index (χ0n) is 12.9. The molecular formula is C16H15ClFNO4S. The third-order valence-corrected chi connectivity index (χ3v) is 5.37. The van der Waals surface area contributed by atoms with E-state index in [0.717, 1.165) is 6.07 Å². The maximum atomic E-state index is 13.0. The van der Waals surface area contributed by atoms with Crippen molar-refractivity contribution in [2.45, 2.75) is 17.9 Å². The fraction of sp³-hybridized carbons (Fsp3) is 0.188. The number of nitrogens with one attached hydrogen (secondary N) is 1. The van der Waals surface area contributed by atoms with Crippen LogP contribution >= 0.6 is 11.6 Å². The van der Waals surface area contributed by atoms with Gasteiger partial charge >= 0.3 is 5.97 Å². The summed E-state index contributed by atoms with van der Waals surface area (Å²) in [6, 6.07) is 8.66. The highest BCUT2D eigenvalue weighted by molar-refractivity contribution is 7.89. The summed E-state index contributed by atoms with van der Waals surface area (Å²) >= 11 is 5.96. The molecule has 0 aliphatic rings. The first-order chi connectivity index (χ1) is 11.2. The van der Waals surface area contributed by atoms with Gasteiger partial charge in [0.2, 0.25) is 10.0 Å². The van der Waals surface area contributed by atoms with Gasteiger partial charge in [-0.3, -0.25) is 0 Å². The number of hydrogen-bond acceptors (Lipinski definition) is 4. The maximum Gasteiger partial charge on any atom is 0.337 e. The van der Waals surface area contributed by atoms with E-state index >= 15 is 0 Å². The number of sulfonamides is 1. The van der Waals surface area contributed by atoms with Crippen molar-refractivity contribution >= 4 is 27.6 Å². The van der Waals surface area contributed by atoms with Crippen molar-refractivity contribution in [3.05, 3.63) is 64.4 Å². The fourth-order valence-electron chi connectivity index (χ4n) is 2.07. The summed E-state index contributed by atoms with van der Waals surface area (Å²) in [7, 11) is -2.80. The number of carbonyl (C=O) groups excluding carboxylic acids is 1. The van der Waals surface area contributed by atoms with E-state index in [1.807, 2.05) is 0 Å². The summed E-state index contributed by atoms with van der Waals surface area (Å²) < 4.78 is 45.1. The Kier molecular flexibility index (Phi) is 5.58. The highest BCUT2D eigenvalue weighted by atomic mass is 35.5. The first kappa shape index (κ1) is 18.4. The number of esters is 1. The van der Waals surface area contributed by atoms with Crippen molar-refractivity contribution in [3.8, 4) is 0 Å². The molecule has 0 spiro atoms. The van der Waals surface area contributed by atoms with Crippen molar-refractivity contribution in [1.82, 2.24) is 4.72 Å². The molecule has 0 saturated carbocycles. The van der Waals surface area contributed by atoms with Gasteiger partial charge < -0.3 is 4.74 Å². The fourth-order valence-corrected chi connectivity index (χ4v) is 3.83. The van der Waals surface area contributed by atoms with Gasteiger partial charge in [-0.1, -0.05) is 23.7 Å². The topological polar surface area (TPSA) is 72.5 Å². The third-order valence-electron chi connectivity index (χ3n) is 3.34. The van der Waals surface area contributed by atoms with E-state index in [4.69, 9.17) is 11.6 Å². The van der Waals surface area contributed by atoms with Crippen molar-refractivity contribution < 1.29 is 22.3 Å². The summed E-state index contributed by atoms with van der Waals surface area (Å²) in [6.45, 7) is 1.61.